The first-order chi connectivity index (χ1) is 7.36. The first-order valence-electron chi connectivity index (χ1n) is 5.73. The molecule has 0 spiro atoms. The van der Waals surface area contributed by atoms with Crippen molar-refractivity contribution < 1.29 is 9.15 Å². The number of furan rings is 1. The van der Waals surface area contributed by atoms with Crippen LogP contribution in [0.5, 0.6) is 0 Å². The van der Waals surface area contributed by atoms with E-state index in [9.17, 15) is 0 Å². The van der Waals surface area contributed by atoms with Gasteiger partial charge < -0.3 is 14.5 Å². The lowest BCUT2D eigenvalue weighted by atomic mass is 10.1. The van der Waals surface area contributed by atoms with Gasteiger partial charge in [0.2, 0.25) is 0 Å². The monoisotopic (exact) mass is 209 g/mol. The molecule has 0 amide bonds. The molecule has 0 saturated carbocycles. The molecule has 2 rings (SSSR count). The Hall–Kier alpha value is -0.800. The van der Waals surface area contributed by atoms with Gasteiger partial charge in [-0.05, 0) is 38.8 Å². The lowest BCUT2D eigenvalue weighted by Gasteiger charge is -2.14. The first-order valence-corrected chi connectivity index (χ1v) is 5.73. The molecule has 3 nitrogen and oxygen atoms in total. The van der Waals surface area contributed by atoms with Crippen LogP contribution in [0.4, 0.5) is 0 Å². The highest BCUT2D eigenvalue weighted by Gasteiger charge is 2.15. The Labute approximate surface area is 90.8 Å². The molecule has 15 heavy (non-hydrogen) atoms. The van der Waals surface area contributed by atoms with Gasteiger partial charge in [-0.15, -0.1) is 0 Å². The minimum absolute atomic E-state index is 0.366. The summed E-state index contributed by atoms with van der Waals surface area (Å²) < 4.78 is 10.6. The Kier molecular flexibility index (Phi) is 3.80. The molecular weight excluding hydrogens is 190 g/mol. The van der Waals surface area contributed by atoms with Crippen molar-refractivity contribution in [3.8, 4) is 0 Å². The van der Waals surface area contributed by atoms with E-state index >= 15 is 0 Å². The maximum Gasteiger partial charge on any atom is 0.0950 e. The molecule has 1 aliphatic rings. The summed E-state index contributed by atoms with van der Waals surface area (Å²) in [6, 6.07) is 2.37. The van der Waals surface area contributed by atoms with E-state index in [2.05, 4.69) is 12.2 Å². The van der Waals surface area contributed by atoms with Crippen LogP contribution in [0.25, 0.3) is 0 Å². The molecule has 84 valence electrons. The van der Waals surface area contributed by atoms with Crippen LogP contribution in [0.15, 0.2) is 23.0 Å². The summed E-state index contributed by atoms with van der Waals surface area (Å²) >= 11 is 0. The lowest BCUT2D eigenvalue weighted by molar-refractivity contribution is 0.103. The molecule has 3 heteroatoms. The van der Waals surface area contributed by atoms with E-state index in [1.54, 1.807) is 12.5 Å². The van der Waals surface area contributed by atoms with E-state index in [0.29, 0.717) is 12.1 Å². The third-order valence-electron chi connectivity index (χ3n) is 2.98. The number of rotatable bonds is 5. The number of nitrogens with one attached hydrogen (secondary N) is 1. The van der Waals surface area contributed by atoms with Crippen molar-refractivity contribution in [1.29, 1.82) is 0 Å². The Bertz CT molecular complexity index is 265. The highest BCUT2D eigenvalue weighted by atomic mass is 16.5. The highest BCUT2D eigenvalue weighted by molar-refractivity contribution is 5.10. The second kappa shape index (κ2) is 5.33. The van der Waals surface area contributed by atoms with Crippen LogP contribution < -0.4 is 5.32 Å². The summed E-state index contributed by atoms with van der Waals surface area (Å²) in [5.41, 5.74) is 1.21. The maximum absolute atomic E-state index is 5.57. The van der Waals surface area contributed by atoms with Gasteiger partial charge in [0.1, 0.15) is 0 Å². The van der Waals surface area contributed by atoms with Crippen LogP contribution in [-0.2, 0) is 4.74 Å². The largest absolute Gasteiger partial charge is 0.472 e. The van der Waals surface area contributed by atoms with Gasteiger partial charge in [0.05, 0.1) is 18.6 Å². The predicted molar refractivity (Wildman–Crippen MR) is 58.7 cm³/mol. The minimum Gasteiger partial charge on any atom is -0.472 e. The molecule has 0 radical (unpaired) electrons. The first kappa shape index (κ1) is 10.7. The summed E-state index contributed by atoms with van der Waals surface area (Å²) in [5.74, 6) is 0. The SMILES string of the molecule is CC(NCCC1CCCO1)c1ccoc1. The van der Waals surface area contributed by atoms with E-state index in [4.69, 9.17) is 9.15 Å². The molecule has 1 aromatic rings. The average Bonchev–Trinajstić information content (AvgIpc) is 2.90. The Balaban J connectivity index is 1.65. The van der Waals surface area contributed by atoms with Gasteiger partial charge >= 0.3 is 0 Å². The van der Waals surface area contributed by atoms with E-state index in [1.165, 1.54) is 18.4 Å². The third-order valence-corrected chi connectivity index (χ3v) is 2.98. The summed E-state index contributed by atoms with van der Waals surface area (Å²) in [6.45, 7) is 4.11. The smallest absolute Gasteiger partial charge is 0.0950 e. The van der Waals surface area contributed by atoms with Gasteiger partial charge in [-0.2, -0.15) is 0 Å². The number of ether oxygens (including phenoxy) is 1. The summed E-state index contributed by atoms with van der Waals surface area (Å²) in [5, 5.41) is 3.47. The number of hydrogen-bond acceptors (Lipinski definition) is 3. The van der Waals surface area contributed by atoms with Crippen LogP contribution >= 0.6 is 0 Å². The Morgan fingerprint density at radius 3 is 3.20 bits per heavy atom. The van der Waals surface area contributed by atoms with Gasteiger partial charge in [0, 0.05) is 18.2 Å². The molecule has 1 saturated heterocycles. The van der Waals surface area contributed by atoms with Crippen LogP contribution in [0.3, 0.4) is 0 Å². The molecule has 0 aromatic carbocycles. The number of hydrogen-bond donors (Lipinski definition) is 1. The van der Waals surface area contributed by atoms with E-state index in [0.717, 1.165) is 19.6 Å². The average molecular weight is 209 g/mol. The topological polar surface area (TPSA) is 34.4 Å². The zero-order valence-corrected chi connectivity index (χ0v) is 9.24. The molecule has 1 fully saturated rings. The van der Waals surface area contributed by atoms with E-state index < -0.39 is 0 Å². The van der Waals surface area contributed by atoms with Crippen LogP contribution in [0.1, 0.15) is 37.8 Å². The van der Waals surface area contributed by atoms with Gasteiger partial charge in [-0.25, -0.2) is 0 Å². The zero-order chi connectivity index (χ0) is 10.5. The normalized spacial score (nSPS) is 23.1. The van der Waals surface area contributed by atoms with Crippen molar-refractivity contribution in [2.75, 3.05) is 13.2 Å². The minimum atomic E-state index is 0.366. The molecule has 0 bridgehead atoms. The van der Waals surface area contributed by atoms with Crippen LogP contribution in [0, 0.1) is 0 Å². The molecule has 2 atom stereocenters. The fraction of sp³-hybridized carbons (Fsp3) is 0.667. The van der Waals surface area contributed by atoms with Crippen molar-refractivity contribution in [1.82, 2.24) is 5.32 Å². The second-order valence-electron chi connectivity index (χ2n) is 4.16. The van der Waals surface area contributed by atoms with Gasteiger partial charge in [-0.3, -0.25) is 0 Å². The molecule has 1 N–H and O–H groups in total. The molecular formula is C12H19NO2. The summed E-state index contributed by atoms with van der Waals surface area (Å²) in [6.07, 6.45) is 7.55. The van der Waals surface area contributed by atoms with Crippen molar-refractivity contribution >= 4 is 0 Å². The lowest BCUT2D eigenvalue weighted by Crippen LogP contribution is -2.23. The molecule has 2 heterocycles. The highest BCUT2D eigenvalue weighted by Crippen LogP contribution is 2.16. The molecule has 1 aromatic heterocycles. The quantitative estimate of drug-likeness (QED) is 0.809. The van der Waals surface area contributed by atoms with Crippen molar-refractivity contribution in [3.63, 3.8) is 0 Å². The molecule has 0 aliphatic carbocycles. The fourth-order valence-corrected chi connectivity index (χ4v) is 1.97. The molecule has 1 aliphatic heterocycles. The van der Waals surface area contributed by atoms with E-state index in [-0.39, 0.29) is 0 Å². The summed E-state index contributed by atoms with van der Waals surface area (Å²) in [4.78, 5) is 0. The van der Waals surface area contributed by atoms with Gasteiger partial charge in [0.25, 0.3) is 0 Å². The predicted octanol–water partition coefficient (Wildman–Crippen LogP) is 2.50. The summed E-state index contributed by atoms with van der Waals surface area (Å²) in [7, 11) is 0. The van der Waals surface area contributed by atoms with Gasteiger partial charge in [0.15, 0.2) is 0 Å². The van der Waals surface area contributed by atoms with Crippen LogP contribution in [0.2, 0.25) is 0 Å². The van der Waals surface area contributed by atoms with E-state index in [1.807, 2.05) is 6.07 Å². The van der Waals surface area contributed by atoms with Crippen LogP contribution in [-0.4, -0.2) is 19.3 Å². The van der Waals surface area contributed by atoms with Gasteiger partial charge in [-0.1, -0.05) is 0 Å². The van der Waals surface area contributed by atoms with Crippen molar-refractivity contribution in [2.45, 2.75) is 38.3 Å². The zero-order valence-electron chi connectivity index (χ0n) is 9.24. The second-order valence-corrected chi connectivity index (χ2v) is 4.16. The Morgan fingerprint density at radius 2 is 2.53 bits per heavy atom. The standard InChI is InChI=1S/C12H19NO2/c1-10(11-5-8-14-9-11)13-6-4-12-3-2-7-15-12/h5,8-10,12-13H,2-4,6-7H2,1H3. The fourth-order valence-electron chi connectivity index (χ4n) is 1.97. The van der Waals surface area contributed by atoms with Crippen molar-refractivity contribution in [3.05, 3.63) is 24.2 Å². The maximum atomic E-state index is 5.57. The third kappa shape index (κ3) is 3.08. The molecule has 2 unspecified atom stereocenters. The van der Waals surface area contributed by atoms with Crippen molar-refractivity contribution in [2.24, 2.45) is 0 Å². The Morgan fingerprint density at radius 1 is 1.60 bits per heavy atom.